The molecule has 0 amide bonds. The first-order valence-corrected chi connectivity index (χ1v) is 5.64. The topological polar surface area (TPSA) is 33.4 Å². The van der Waals surface area contributed by atoms with Crippen LogP contribution in [0.25, 0.3) is 0 Å². The second kappa shape index (κ2) is 5.05. The summed E-state index contributed by atoms with van der Waals surface area (Å²) in [7, 11) is 0. The van der Waals surface area contributed by atoms with Crippen LogP contribution < -0.4 is 0 Å². The first kappa shape index (κ1) is 10.3. The SMILES string of the molecule is OC[C@H](Sc1ccccc1)c1ccco1. The zero-order chi connectivity index (χ0) is 10.5. The van der Waals surface area contributed by atoms with Gasteiger partial charge in [-0.05, 0) is 24.3 Å². The number of rotatable bonds is 4. The van der Waals surface area contributed by atoms with Crippen LogP contribution in [0.1, 0.15) is 11.0 Å². The minimum Gasteiger partial charge on any atom is -0.468 e. The van der Waals surface area contributed by atoms with Crippen LogP contribution in [0.2, 0.25) is 0 Å². The van der Waals surface area contributed by atoms with Gasteiger partial charge in [-0.3, -0.25) is 0 Å². The Bertz CT molecular complexity index is 383. The van der Waals surface area contributed by atoms with Crippen molar-refractivity contribution in [2.24, 2.45) is 0 Å². The molecule has 0 fully saturated rings. The molecule has 0 radical (unpaired) electrons. The van der Waals surface area contributed by atoms with E-state index < -0.39 is 0 Å². The summed E-state index contributed by atoms with van der Waals surface area (Å²) in [4.78, 5) is 1.13. The lowest BCUT2D eigenvalue weighted by Crippen LogP contribution is -1.97. The molecule has 3 heteroatoms. The molecule has 0 aliphatic carbocycles. The van der Waals surface area contributed by atoms with E-state index in [1.54, 1.807) is 18.0 Å². The third-order valence-corrected chi connectivity index (χ3v) is 3.26. The lowest BCUT2D eigenvalue weighted by molar-refractivity contribution is 0.284. The Labute approximate surface area is 92.9 Å². The molecule has 1 N–H and O–H groups in total. The van der Waals surface area contributed by atoms with Crippen LogP contribution >= 0.6 is 11.8 Å². The number of aliphatic hydroxyl groups excluding tert-OH is 1. The van der Waals surface area contributed by atoms with Crippen LogP contribution in [0.4, 0.5) is 0 Å². The highest BCUT2D eigenvalue weighted by molar-refractivity contribution is 7.99. The van der Waals surface area contributed by atoms with E-state index in [4.69, 9.17) is 4.42 Å². The zero-order valence-corrected chi connectivity index (χ0v) is 8.98. The van der Waals surface area contributed by atoms with Gasteiger partial charge in [0.1, 0.15) is 5.76 Å². The molecule has 78 valence electrons. The number of benzene rings is 1. The molecular formula is C12H12O2S. The molecule has 0 aliphatic rings. The van der Waals surface area contributed by atoms with E-state index in [2.05, 4.69) is 0 Å². The predicted octanol–water partition coefficient (Wildman–Crippen LogP) is 3.11. The monoisotopic (exact) mass is 220 g/mol. The third-order valence-electron chi connectivity index (χ3n) is 2.05. The first-order valence-electron chi connectivity index (χ1n) is 4.76. The highest BCUT2D eigenvalue weighted by atomic mass is 32.2. The normalized spacial score (nSPS) is 12.6. The summed E-state index contributed by atoms with van der Waals surface area (Å²) in [5.41, 5.74) is 0. The molecular weight excluding hydrogens is 208 g/mol. The maximum Gasteiger partial charge on any atom is 0.119 e. The van der Waals surface area contributed by atoms with Gasteiger partial charge in [0.2, 0.25) is 0 Å². The second-order valence-electron chi connectivity index (χ2n) is 3.12. The van der Waals surface area contributed by atoms with Crippen molar-refractivity contribution in [3.8, 4) is 0 Å². The molecule has 1 aromatic carbocycles. The van der Waals surface area contributed by atoms with E-state index in [-0.39, 0.29) is 11.9 Å². The van der Waals surface area contributed by atoms with Gasteiger partial charge in [0.25, 0.3) is 0 Å². The molecule has 2 rings (SSSR count). The van der Waals surface area contributed by atoms with Gasteiger partial charge in [-0.2, -0.15) is 0 Å². The predicted molar refractivity (Wildman–Crippen MR) is 60.8 cm³/mol. The van der Waals surface area contributed by atoms with E-state index in [9.17, 15) is 5.11 Å². The van der Waals surface area contributed by atoms with E-state index in [1.165, 1.54) is 0 Å². The Morgan fingerprint density at radius 2 is 1.93 bits per heavy atom. The highest BCUT2D eigenvalue weighted by Crippen LogP contribution is 2.34. The van der Waals surface area contributed by atoms with Crippen molar-refractivity contribution in [1.82, 2.24) is 0 Å². The van der Waals surface area contributed by atoms with Gasteiger partial charge in [-0.1, -0.05) is 18.2 Å². The van der Waals surface area contributed by atoms with Gasteiger partial charge in [-0.25, -0.2) is 0 Å². The van der Waals surface area contributed by atoms with Crippen molar-refractivity contribution >= 4 is 11.8 Å². The Balaban J connectivity index is 2.10. The molecule has 0 saturated carbocycles. The van der Waals surface area contributed by atoms with Crippen molar-refractivity contribution in [2.45, 2.75) is 10.1 Å². The van der Waals surface area contributed by atoms with Crippen LogP contribution in [0.15, 0.2) is 58.0 Å². The van der Waals surface area contributed by atoms with Crippen LogP contribution in [0.5, 0.6) is 0 Å². The molecule has 1 aromatic heterocycles. The maximum atomic E-state index is 9.28. The van der Waals surface area contributed by atoms with Crippen molar-refractivity contribution in [3.05, 3.63) is 54.5 Å². The van der Waals surface area contributed by atoms with E-state index in [0.29, 0.717) is 0 Å². The smallest absolute Gasteiger partial charge is 0.119 e. The van der Waals surface area contributed by atoms with Crippen LogP contribution in [0.3, 0.4) is 0 Å². The molecule has 0 unspecified atom stereocenters. The summed E-state index contributed by atoms with van der Waals surface area (Å²) >= 11 is 1.60. The summed E-state index contributed by atoms with van der Waals surface area (Å²) in [6.07, 6.45) is 1.63. The van der Waals surface area contributed by atoms with E-state index in [0.717, 1.165) is 10.7 Å². The summed E-state index contributed by atoms with van der Waals surface area (Å²) in [5.74, 6) is 0.811. The Kier molecular flexibility index (Phi) is 3.48. The van der Waals surface area contributed by atoms with Gasteiger partial charge in [0.15, 0.2) is 0 Å². The molecule has 0 aliphatic heterocycles. The lowest BCUT2D eigenvalue weighted by atomic mass is 10.3. The standard InChI is InChI=1S/C12H12O2S/c13-9-12(11-7-4-8-14-11)15-10-5-2-1-3-6-10/h1-8,12-13H,9H2/t12-/m0/s1. The minimum atomic E-state index is -0.0256. The van der Waals surface area contributed by atoms with Crippen molar-refractivity contribution in [3.63, 3.8) is 0 Å². The van der Waals surface area contributed by atoms with Crippen LogP contribution in [0, 0.1) is 0 Å². The van der Waals surface area contributed by atoms with Crippen LogP contribution in [-0.2, 0) is 0 Å². The molecule has 1 heterocycles. The Morgan fingerprint density at radius 1 is 1.13 bits per heavy atom. The quantitative estimate of drug-likeness (QED) is 0.804. The number of hydrogen-bond donors (Lipinski definition) is 1. The average Bonchev–Trinajstić information content (AvgIpc) is 2.81. The van der Waals surface area contributed by atoms with Crippen molar-refractivity contribution in [1.29, 1.82) is 0 Å². The molecule has 0 bridgehead atoms. The minimum absolute atomic E-state index is 0.0256. The number of hydrogen-bond acceptors (Lipinski definition) is 3. The van der Waals surface area contributed by atoms with Gasteiger partial charge in [0.05, 0.1) is 18.1 Å². The van der Waals surface area contributed by atoms with Crippen molar-refractivity contribution in [2.75, 3.05) is 6.61 Å². The van der Waals surface area contributed by atoms with Crippen LogP contribution in [-0.4, -0.2) is 11.7 Å². The summed E-state index contributed by atoms with van der Waals surface area (Å²) in [5, 5.41) is 9.25. The molecule has 2 nitrogen and oxygen atoms in total. The van der Waals surface area contributed by atoms with Crippen molar-refractivity contribution < 1.29 is 9.52 Å². The Morgan fingerprint density at radius 3 is 2.53 bits per heavy atom. The first-order chi connectivity index (χ1) is 7.40. The van der Waals surface area contributed by atoms with Gasteiger partial charge < -0.3 is 9.52 Å². The fourth-order valence-electron chi connectivity index (χ4n) is 1.32. The Hall–Kier alpha value is -1.19. The second-order valence-corrected chi connectivity index (χ2v) is 4.39. The fraction of sp³-hybridized carbons (Fsp3) is 0.167. The maximum absolute atomic E-state index is 9.28. The van der Waals surface area contributed by atoms with E-state index in [1.807, 2.05) is 42.5 Å². The van der Waals surface area contributed by atoms with Gasteiger partial charge in [0, 0.05) is 4.90 Å². The molecule has 0 saturated heterocycles. The zero-order valence-electron chi connectivity index (χ0n) is 8.17. The molecule has 2 aromatic rings. The number of furan rings is 1. The fourth-order valence-corrected chi connectivity index (χ4v) is 2.29. The summed E-state index contributed by atoms with van der Waals surface area (Å²) < 4.78 is 5.28. The highest BCUT2D eigenvalue weighted by Gasteiger charge is 2.14. The van der Waals surface area contributed by atoms with E-state index >= 15 is 0 Å². The number of aliphatic hydroxyl groups is 1. The average molecular weight is 220 g/mol. The third kappa shape index (κ3) is 2.64. The van der Waals surface area contributed by atoms with Gasteiger partial charge in [-0.15, -0.1) is 11.8 Å². The molecule has 0 spiro atoms. The largest absolute Gasteiger partial charge is 0.468 e. The van der Waals surface area contributed by atoms with Gasteiger partial charge >= 0.3 is 0 Å². The molecule has 15 heavy (non-hydrogen) atoms. The summed E-state index contributed by atoms with van der Waals surface area (Å²) in [6.45, 7) is 0.0765. The lowest BCUT2D eigenvalue weighted by Gasteiger charge is -2.10. The molecule has 1 atom stereocenters. The number of thioether (sulfide) groups is 1. The summed E-state index contributed by atoms with van der Waals surface area (Å²) in [6, 6.07) is 13.7.